The number of carbonyl (C=O) groups excluding carboxylic acids is 2. The molecule has 25 heavy (non-hydrogen) atoms. The quantitative estimate of drug-likeness (QED) is 0.597. The van der Waals surface area contributed by atoms with Crippen LogP contribution >= 0.6 is 15.9 Å². The molecule has 0 radical (unpaired) electrons. The van der Waals surface area contributed by atoms with Crippen LogP contribution in [-0.4, -0.2) is 23.3 Å². The van der Waals surface area contributed by atoms with Gasteiger partial charge in [-0.3, -0.25) is 19.7 Å². The number of hydrogen-bond donors (Lipinski definition) is 2. The largest absolute Gasteiger partial charge is 0.368 e. The molecule has 0 spiro atoms. The van der Waals surface area contributed by atoms with E-state index < -0.39 is 17.0 Å². The summed E-state index contributed by atoms with van der Waals surface area (Å²) in [4.78, 5) is 36.2. The summed E-state index contributed by atoms with van der Waals surface area (Å²) >= 11 is 3.13. The van der Waals surface area contributed by atoms with E-state index in [1.54, 1.807) is 35.2 Å². The Morgan fingerprint density at radius 2 is 2.04 bits per heavy atom. The number of hydrogen-bond acceptors (Lipinski definition) is 5. The van der Waals surface area contributed by atoms with Gasteiger partial charge in [-0.1, -0.05) is 18.2 Å². The van der Waals surface area contributed by atoms with Crippen molar-refractivity contribution in [3.63, 3.8) is 0 Å². The van der Waals surface area contributed by atoms with Crippen LogP contribution in [0.3, 0.4) is 0 Å². The molecule has 1 heterocycles. The number of benzene rings is 2. The fourth-order valence-electron chi connectivity index (χ4n) is 2.78. The Bertz CT molecular complexity index is 886. The van der Waals surface area contributed by atoms with E-state index in [1.807, 2.05) is 0 Å². The Morgan fingerprint density at radius 1 is 1.32 bits per heavy atom. The van der Waals surface area contributed by atoms with Gasteiger partial charge in [0, 0.05) is 11.6 Å². The van der Waals surface area contributed by atoms with Crippen LogP contribution in [0.1, 0.15) is 22.1 Å². The minimum atomic E-state index is -0.748. The number of nitro benzene ring substituents is 1. The Morgan fingerprint density at radius 3 is 2.72 bits per heavy atom. The fourth-order valence-corrected chi connectivity index (χ4v) is 3.17. The maximum absolute atomic E-state index is 12.4. The van der Waals surface area contributed by atoms with E-state index >= 15 is 0 Å². The number of para-hydroxylation sites is 1. The summed E-state index contributed by atoms with van der Waals surface area (Å²) in [6, 6.07) is 11.3. The van der Waals surface area contributed by atoms with Gasteiger partial charge in [-0.15, -0.1) is 0 Å². The Labute approximate surface area is 150 Å². The molecule has 0 aliphatic carbocycles. The van der Waals surface area contributed by atoms with E-state index in [0.717, 1.165) is 0 Å². The van der Waals surface area contributed by atoms with Crippen molar-refractivity contribution < 1.29 is 14.5 Å². The Kier molecular flexibility index (Phi) is 4.41. The summed E-state index contributed by atoms with van der Waals surface area (Å²) in [5, 5.41) is 14.0. The van der Waals surface area contributed by atoms with Crippen LogP contribution in [0.15, 0.2) is 46.9 Å². The molecule has 1 unspecified atom stereocenters. The normalized spacial score (nSPS) is 16.1. The lowest BCUT2D eigenvalue weighted by Crippen LogP contribution is -2.49. The molecular weight excluding hydrogens is 392 g/mol. The number of rotatable bonds is 4. The second kappa shape index (κ2) is 6.52. The van der Waals surface area contributed by atoms with E-state index in [0.29, 0.717) is 21.3 Å². The molecule has 0 fully saturated rings. The molecule has 3 N–H and O–H groups in total. The topological polar surface area (TPSA) is 119 Å². The number of halogens is 1. The molecule has 128 valence electrons. The van der Waals surface area contributed by atoms with Gasteiger partial charge in [0.15, 0.2) is 0 Å². The molecule has 2 amide bonds. The first kappa shape index (κ1) is 16.9. The minimum absolute atomic E-state index is 0.135. The van der Waals surface area contributed by atoms with Gasteiger partial charge in [-0.25, -0.2) is 0 Å². The lowest BCUT2D eigenvalue weighted by molar-refractivity contribution is -0.385. The third-order valence-corrected chi connectivity index (χ3v) is 4.52. The standard InChI is InChI=1S/C16H13BrN4O4/c17-11-6-5-9(7-13(11)21(24)25)15-19-16(23)10-3-1-2-4-12(10)20(15)8-14(18)22/h1-7,15H,8H2,(H2,18,22)(H,19,23). The van der Waals surface area contributed by atoms with Crippen LogP contribution < -0.4 is 16.0 Å². The minimum Gasteiger partial charge on any atom is -0.368 e. The molecule has 1 atom stereocenters. The zero-order valence-electron chi connectivity index (χ0n) is 12.8. The van der Waals surface area contributed by atoms with E-state index in [-0.39, 0.29) is 18.1 Å². The zero-order chi connectivity index (χ0) is 18.1. The first-order chi connectivity index (χ1) is 11.9. The van der Waals surface area contributed by atoms with Crippen molar-refractivity contribution in [1.82, 2.24) is 5.32 Å². The lowest BCUT2D eigenvalue weighted by atomic mass is 10.0. The molecule has 1 aliphatic rings. The number of nitro groups is 1. The van der Waals surface area contributed by atoms with E-state index in [2.05, 4.69) is 21.2 Å². The fraction of sp³-hybridized carbons (Fsp3) is 0.125. The number of anilines is 1. The summed E-state index contributed by atoms with van der Waals surface area (Å²) in [5.41, 5.74) is 6.64. The van der Waals surface area contributed by atoms with Gasteiger partial charge in [-0.05, 0) is 34.1 Å². The molecule has 0 saturated carbocycles. The van der Waals surface area contributed by atoms with Crippen molar-refractivity contribution in [3.05, 3.63) is 68.2 Å². The van der Waals surface area contributed by atoms with Gasteiger partial charge in [0.05, 0.1) is 27.2 Å². The first-order valence-electron chi connectivity index (χ1n) is 7.27. The number of primary amides is 1. The van der Waals surface area contributed by atoms with Crippen molar-refractivity contribution in [2.45, 2.75) is 6.17 Å². The van der Waals surface area contributed by atoms with Crippen molar-refractivity contribution in [2.75, 3.05) is 11.4 Å². The summed E-state index contributed by atoms with van der Waals surface area (Å²) in [6.45, 7) is -0.147. The first-order valence-corrected chi connectivity index (χ1v) is 8.06. The number of nitrogens with two attached hydrogens (primary N) is 1. The number of nitrogens with zero attached hydrogens (tertiary/aromatic N) is 2. The van der Waals surface area contributed by atoms with E-state index in [4.69, 9.17) is 5.73 Å². The molecule has 0 aromatic heterocycles. The van der Waals surface area contributed by atoms with Crippen molar-refractivity contribution in [2.24, 2.45) is 5.73 Å². The highest BCUT2D eigenvalue weighted by Gasteiger charge is 2.33. The van der Waals surface area contributed by atoms with Gasteiger partial charge in [-0.2, -0.15) is 0 Å². The lowest BCUT2D eigenvalue weighted by Gasteiger charge is -2.38. The predicted molar refractivity (Wildman–Crippen MR) is 94.0 cm³/mol. The second-order valence-corrected chi connectivity index (χ2v) is 6.31. The highest BCUT2D eigenvalue weighted by molar-refractivity contribution is 9.10. The summed E-state index contributed by atoms with van der Waals surface area (Å²) < 4.78 is 0.324. The highest BCUT2D eigenvalue weighted by atomic mass is 79.9. The zero-order valence-corrected chi connectivity index (χ0v) is 14.4. The Hall–Kier alpha value is -2.94. The van der Waals surface area contributed by atoms with Gasteiger partial charge < -0.3 is 16.0 Å². The number of fused-ring (bicyclic) bond motifs is 1. The van der Waals surface area contributed by atoms with E-state index in [1.165, 1.54) is 12.1 Å². The molecule has 3 rings (SSSR count). The molecule has 8 nitrogen and oxygen atoms in total. The van der Waals surface area contributed by atoms with Crippen LogP contribution in [0.4, 0.5) is 11.4 Å². The Balaban J connectivity index is 2.11. The van der Waals surface area contributed by atoms with Crippen molar-refractivity contribution >= 4 is 39.1 Å². The predicted octanol–water partition coefficient (Wildman–Crippen LogP) is 2.09. The number of carbonyl (C=O) groups is 2. The van der Waals surface area contributed by atoms with Crippen LogP contribution in [0, 0.1) is 10.1 Å². The van der Waals surface area contributed by atoms with Gasteiger partial charge in [0.1, 0.15) is 6.17 Å². The van der Waals surface area contributed by atoms with Gasteiger partial charge >= 0.3 is 0 Å². The summed E-state index contributed by atoms with van der Waals surface area (Å²) in [6.07, 6.45) is -0.748. The summed E-state index contributed by atoms with van der Waals surface area (Å²) in [5.74, 6) is -0.908. The highest BCUT2D eigenvalue weighted by Crippen LogP contribution is 2.35. The van der Waals surface area contributed by atoms with Gasteiger partial charge in [0.25, 0.3) is 11.6 Å². The number of amides is 2. The monoisotopic (exact) mass is 404 g/mol. The molecule has 2 aromatic carbocycles. The van der Waals surface area contributed by atoms with Crippen LogP contribution in [0.5, 0.6) is 0 Å². The van der Waals surface area contributed by atoms with Crippen molar-refractivity contribution in [3.8, 4) is 0 Å². The third kappa shape index (κ3) is 3.18. The molecule has 2 aromatic rings. The third-order valence-electron chi connectivity index (χ3n) is 3.85. The maximum Gasteiger partial charge on any atom is 0.283 e. The average Bonchev–Trinajstić information content (AvgIpc) is 2.57. The van der Waals surface area contributed by atoms with Crippen LogP contribution in [-0.2, 0) is 4.79 Å². The van der Waals surface area contributed by atoms with Gasteiger partial charge in [0.2, 0.25) is 5.91 Å². The van der Waals surface area contributed by atoms with Crippen LogP contribution in [0.25, 0.3) is 0 Å². The molecule has 1 aliphatic heterocycles. The van der Waals surface area contributed by atoms with Crippen LogP contribution in [0.2, 0.25) is 0 Å². The molecule has 0 saturated heterocycles. The smallest absolute Gasteiger partial charge is 0.283 e. The molecular formula is C16H13BrN4O4. The van der Waals surface area contributed by atoms with E-state index in [9.17, 15) is 19.7 Å². The summed E-state index contributed by atoms with van der Waals surface area (Å²) in [7, 11) is 0. The molecule has 0 bridgehead atoms. The SMILES string of the molecule is NC(=O)CN1c2ccccc2C(=O)NC1c1ccc(Br)c([N+](=O)[O-])c1. The maximum atomic E-state index is 12.4. The van der Waals surface area contributed by atoms with Crippen molar-refractivity contribution in [1.29, 1.82) is 0 Å². The number of nitrogens with one attached hydrogen (secondary N) is 1. The second-order valence-electron chi connectivity index (χ2n) is 5.46. The molecule has 9 heteroatoms. The average molecular weight is 405 g/mol.